The van der Waals surface area contributed by atoms with E-state index in [1.54, 1.807) is 76.4 Å². The van der Waals surface area contributed by atoms with Crippen molar-refractivity contribution in [2.24, 2.45) is 23.7 Å². The maximum absolute atomic E-state index is 13.4. The average Bonchev–Trinajstić information content (AvgIpc) is 1.53. The van der Waals surface area contributed by atoms with Gasteiger partial charge in [0.25, 0.3) is 0 Å². The topological polar surface area (TPSA) is 282 Å². The van der Waals surface area contributed by atoms with Gasteiger partial charge >= 0.3 is 23.9 Å². The summed E-state index contributed by atoms with van der Waals surface area (Å²) >= 11 is 23.6. The zero-order valence-corrected chi connectivity index (χ0v) is 65.6. The van der Waals surface area contributed by atoms with Crippen LogP contribution in [0.25, 0.3) is 0 Å². The third-order valence-corrected chi connectivity index (χ3v) is 24.4. The Morgan fingerprint density at radius 1 is 0.327 bits per heavy atom. The standard InChI is InChI=1S/2C24H26ClNO5.2C17H20ClNO5/c2*1-23-20(12-13-25)21(27)26(14-17-8-10-19(29-2)11-9-17)24(23,22(28)31-23)16-30-15-18-6-4-3-5-7-18;2*1-16-13(7-8-18)14(21)19(17(16,10-20)15(22)24-16)9-11-3-5-12(23-2)6-4-11/h2*3-11,20H,12-16H2,1-2H3;2*3-6,13,20H,7-10H2,1-2H3/t20-,23+,24?;20-,23-,24?;13-,16+,17?;13-,16-,17?/m1010/s1. The van der Waals surface area contributed by atoms with E-state index in [2.05, 4.69) is 0 Å². The summed E-state index contributed by atoms with van der Waals surface area (Å²) < 4.78 is 54.6. The molecule has 8 heterocycles. The van der Waals surface area contributed by atoms with E-state index in [0.29, 0.717) is 62.2 Å². The van der Waals surface area contributed by atoms with Gasteiger partial charge in [-0.25, -0.2) is 19.2 Å². The third-order valence-electron chi connectivity index (χ3n) is 23.5. The number of hydrogen-bond acceptors (Lipinski definition) is 20. The van der Waals surface area contributed by atoms with Crippen LogP contribution in [-0.2, 0) is 106 Å². The Bertz CT molecular complexity index is 4040. The highest BCUT2D eigenvalue weighted by Crippen LogP contribution is 2.60. The lowest BCUT2D eigenvalue weighted by Crippen LogP contribution is -2.76. The zero-order chi connectivity index (χ0) is 79.2. The van der Waals surface area contributed by atoms with Gasteiger partial charge in [-0.05, 0) is 135 Å². The second-order valence-electron chi connectivity index (χ2n) is 28.9. The molecule has 588 valence electrons. The molecule has 0 bridgehead atoms. The van der Waals surface area contributed by atoms with Crippen molar-refractivity contribution in [3.8, 4) is 23.0 Å². The van der Waals surface area contributed by atoms with Crippen molar-refractivity contribution in [1.29, 1.82) is 0 Å². The Morgan fingerprint density at radius 3 is 0.745 bits per heavy atom. The van der Waals surface area contributed by atoms with Gasteiger partial charge in [-0.2, -0.15) is 0 Å². The van der Waals surface area contributed by atoms with Crippen LogP contribution in [0.15, 0.2) is 158 Å². The molecule has 0 aliphatic carbocycles. The number of esters is 4. The lowest BCUT2D eigenvalue weighted by molar-refractivity contribution is -0.244. The van der Waals surface area contributed by atoms with Gasteiger partial charge in [0.15, 0.2) is 22.4 Å². The first kappa shape index (κ1) is 82.2. The molecule has 12 atom stereocenters. The number of ether oxygens (including phenoxy) is 10. The number of rotatable bonds is 30. The van der Waals surface area contributed by atoms with Crippen molar-refractivity contribution in [2.45, 2.75) is 137 Å². The van der Waals surface area contributed by atoms with Crippen LogP contribution in [0, 0.1) is 23.7 Å². The normalized spacial score (nSPS) is 28.9. The molecule has 110 heavy (non-hydrogen) atoms. The van der Waals surface area contributed by atoms with Gasteiger partial charge in [-0.1, -0.05) is 109 Å². The van der Waals surface area contributed by atoms with E-state index in [-0.39, 0.29) is 74.8 Å². The van der Waals surface area contributed by atoms with Gasteiger partial charge in [0.2, 0.25) is 45.8 Å². The summed E-state index contributed by atoms with van der Waals surface area (Å²) in [4.78, 5) is 109. The van der Waals surface area contributed by atoms with E-state index in [1.165, 1.54) is 9.80 Å². The highest BCUT2D eigenvalue weighted by Gasteiger charge is 2.83. The largest absolute Gasteiger partial charge is 0.497 e. The Morgan fingerprint density at radius 2 is 0.545 bits per heavy atom. The second kappa shape index (κ2) is 33.7. The van der Waals surface area contributed by atoms with Crippen molar-refractivity contribution in [3.05, 3.63) is 191 Å². The Labute approximate surface area is 659 Å². The Hall–Kier alpha value is -8.72. The van der Waals surface area contributed by atoms with Gasteiger partial charge in [0.05, 0.1) is 91.8 Å². The molecular formula is C82H92Cl4N4O20. The molecule has 28 heteroatoms. The number of carbonyl (C=O) groups is 8. The number of alkyl halides is 4. The fourth-order valence-corrected chi connectivity index (χ4v) is 17.8. The van der Waals surface area contributed by atoms with Crippen LogP contribution >= 0.6 is 46.4 Å². The van der Waals surface area contributed by atoms with Crippen LogP contribution in [-0.4, -0.2) is 200 Å². The van der Waals surface area contributed by atoms with Gasteiger partial charge in [-0.15, -0.1) is 46.4 Å². The Kier molecular flexibility index (Phi) is 25.2. The Balaban J connectivity index is 0.000000147. The van der Waals surface area contributed by atoms with E-state index >= 15 is 0 Å². The molecule has 8 aliphatic rings. The summed E-state index contributed by atoms with van der Waals surface area (Å²) in [5, 5.41) is 19.9. The lowest BCUT2D eigenvalue weighted by atomic mass is 9.71. The number of carbonyl (C=O) groups excluding carboxylic acids is 8. The highest BCUT2D eigenvalue weighted by molar-refractivity contribution is 6.19. The number of methoxy groups -OCH3 is 4. The van der Waals surface area contributed by atoms with Crippen LogP contribution in [0.4, 0.5) is 0 Å². The quantitative estimate of drug-likeness (QED) is 0.0241. The van der Waals surface area contributed by atoms with E-state index < -0.39 is 105 Å². The van der Waals surface area contributed by atoms with E-state index in [1.807, 2.05) is 147 Å². The molecule has 0 saturated carbocycles. The molecule has 8 saturated heterocycles. The van der Waals surface area contributed by atoms with E-state index in [9.17, 15) is 48.6 Å². The fourth-order valence-electron chi connectivity index (χ4n) is 17.0. The number of nitrogens with zero attached hydrogens (tertiary/aromatic N) is 4. The molecular weight excluding hydrogens is 1500 g/mol. The molecule has 8 aliphatic heterocycles. The third kappa shape index (κ3) is 13.8. The van der Waals surface area contributed by atoms with Crippen molar-refractivity contribution in [2.75, 3.05) is 78.4 Å². The predicted molar refractivity (Wildman–Crippen MR) is 405 cm³/mol. The van der Waals surface area contributed by atoms with Gasteiger partial charge in [0.1, 0.15) is 23.0 Å². The molecule has 4 unspecified atom stereocenters. The number of fused-ring (bicyclic) bond motifs is 4. The van der Waals surface area contributed by atoms with Crippen LogP contribution in [0.1, 0.15) is 86.8 Å². The first-order valence-electron chi connectivity index (χ1n) is 36.2. The SMILES string of the molecule is COc1ccc(CN2C(=O)[C@@H](CCCl)[C@]3(C)OC(=O)C23CO)cc1.COc1ccc(CN2C(=O)[C@@H](CCCl)[C@]3(C)OC(=O)C23COCc2ccccc2)cc1.COc1ccc(CN2C(=O)[C@H](CCCl)[C@]3(C)OC(=O)C23CO)cc1.COc1ccc(CN2C(=O)[C@H](CCCl)[C@]3(C)OC(=O)C23COCc2ccccc2)cc1. The summed E-state index contributed by atoms with van der Waals surface area (Å²) in [7, 11) is 6.36. The number of benzene rings is 6. The van der Waals surface area contributed by atoms with Crippen molar-refractivity contribution in [1.82, 2.24) is 19.6 Å². The first-order valence-corrected chi connectivity index (χ1v) is 38.3. The van der Waals surface area contributed by atoms with E-state index in [4.69, 9.17) is 93.8 Å². The minimum Gasteiger partial charge on any atom is -0.497 e. The average molecular weight is 1600 g/mol. The molecule has 14 rings (SSSR count). The van der Waals surface area contributed by atoms with Crippen LogP contribution < -0.4 is 18.9 Å². The number of aliphatic hydroxyl groups excluding tert-OH is 2. The minimum atomic E-state index is -1.33. The van der Waals surface area contributed by atoms with Gasteiger partial charge < -0.3 is 77.2 Å². The first-order chi connectivity index (χ1) is 52.8. The highest BCUT2D eigenvalue weighted by atomic mass is 35.5. The number of likely N-dealkylation sites (tertiary alicyclic amines) is 4. The van der Waals surface area contributed by atoms with Crippen LogP contribution in [0.5, 0.6) is 23.0 Å². The monoisotopic (exact) mass is 1590 g/mol. The molecule has 0 radical (unpaired) electrons. The number of halogens is 4. The maximum Gasteiger partial charge on any atom is 0.339 e. The van der Waals surface area contributed by atoms with Gasteiger partial charge in [0, 0.05) is 49.7 Å². The van der Waals surface area contributed by atoms with E-state index in [0.717, 1.165) is 44.9 Å². The molecule has 24 nitrogen and oxygen atoms in total. The van der Waals surface area contributed by atoms with Crippen molar-refractivity contribution >= 4 is 93.9 Å². The smallest absolute Gasteiger partial charge is 0.339 e. The summed E-state index contributed by atoms with van der Waals surface area (Å²) in [5.41, 5.74) is -3.58. The number of amides is 4. The molecule has 2 N–H and O–H groups in total. The maximum atomic E-state index is 13.4. The summed E-state index contributed by atoms with van der Waals surface area (Å²) in [5.74, 6) is -0.724. The summed E-state index contributed by atoms with van der Waals surface area (Å²) in [6.07, 6.45) is 1.66. The number of aliphatic hydroxyl groups is 2. The number of hydrogen-bond donors (Lipinski definition) is 2. The van der Waals surface area contributed by atoms with Crippen LogP contribution in [0.3, 0.4) is 0 Å². The predicted octanol–water partition coefficient (Wildman–Crippen LogP) is 9.77. The molecule has 0 spiro atoms. The molecule has 8 fully saturated rings. The van der Waals surface area contributed by atoms with Crippen molar-refractivity contribution in [3.63, 3.8) is 0 Å². The zero-order valence-electron chi connectivity index (χ0n) is 62.6. The molecule has 4 amide bonds. The summed E-state index contributed by atoms with van der Waals surface area (Å²) in [6, 6.07) is 48.8. The molecule has 6 aromatic rings. The van der Waals surface area contributed by atoms with Gasteiger partial charge in [-0.3, -0.25) is 19.2 Å². The lowest BCUT2D eigenvalue weighted by Gasteiger charge is -2.53. The second-order valence-corrected chi connectivity index (χ2v) is 30.4. The van der Waals surface area contributed by atoms with Crippen LogP contribution in [0.2, 0.25) is 0 Å². The minimum absolute atomic E-state index is 0.0674. The summed E-state index contributed by atoms with van der Waals surface area (Å²) in [6.45, 7) is 7.92. The molecule has 0 aromatic heterocycles. The van der Waals surface area contributed by atoms with Crippen molar-refractivity contribution < 1.29 is 95.9 Å². The molecule has 6 aromatic carbocycles. The fraction of sp³-hybridized carbons (Fsp3) is 0.463.